The van der Waals surface area contributed by atoms with Crippen molar-refractivity contribution in [3.05, 3.63) is 42.2 Å². The number of aromatic hydroxyl groups is 2. The maximum absolute atomic E-state index is 12.3. The molecule has 25 heavy (non-hydrogen) atoms. The Bertz CT molecular complexity index is 1040. The molecule has 0 aliphatic rings. The second-order valence-corrected chi connectivity index (χ2v) is 7.55. The molecule has 0 aliphatic heterocycles. The van der Waals surface area contributed by atoms with Crippen molar-refractivity contribution in [2.75, 3.05) is 0 Å². The van der Waals surface area contributed by atoms with Gasteiger partial charge in [0, 0.05) is 12.1 Å². The van der Waals surface area contributed by atoms with Crippen molar-refractivity contribution in [1.29, 1.82) is 0 Å². The molecule has 0 unspecified atom stereocenters. The molecule has 0 spiro atoms. The highest BCUT2D eigenvalue weighted by molar-refractivity contribution is 7.89. The minimum Gasteiger partial charge on any atom is -0.504 e. The van der Waals surface area contributed by atoms with Gasteiger partial charge in [-0.15, -0.1) is 11.3 Å². The minimum atomic E-state index is -4.37. The molecule has 0 saturated heterocycles. The number of nitrogens with zero attached hydrogens (tertiary/aromatic N) is 1. The summed E-state index contributed by atoms with van der Waals surface area (Å²) in [6, 6.07) is 5.86. The predicted octanol–water partition coefficient (Wildman–Crippen LogP) is 2.28. The van der Waals surface area contributed by atoms with Gasteiger partial charge in [0.2, 0.25) is 5.75 Å². The molecule has 3 rings (SSSR count). The van der Waals surface area contributed by atoms with Crippen molar-refractivity contribution < 1.29 is 37.2 Å². The van der Waals surface area contributed by atoms with Gasteiger partial charge in [-0.3, -0.25) is 0 Å². The van der Waals surface area contributed by atoms with E-state index >= 15 is 0 Å². The summed E-state index contributed by atoms with van der Waals surface area (Å²) in [5.41, 5.74) is -0.0187. The summed E-state index contributed by atoms with van der Waals surface area (Å²) in [5, 5.41) is 31.9. The number of hydrogen-bond acceptors (Lipinski definition) is 9. The molecule has 0 bridgehead atoms. The molecule has 0 atom stereocenters. The summed E-state index contributed by atoms with van der Waals surface area (Å²) >= 11 is 0.841. The van der Waals surface area contributed by atoms with Crippen LogP contribution in [0.5, 0.6) is 17.2 Å². The third-order valence-electron chi connectivity index (χ3n) is 3.02. The van der Waals surface area contributed by atoms with Crippen LogP contribution in [0.3, 0.4) is 0 Å². The number of thiophene rings is 1. The Morgan fingerprint density at radius 3 is 2.60 bits per heavy atom. The van der Waals surface area contributed by atoms with Gasteiger partial charge < -0.3 is 24.0 Å². The van der Waals surface area contributed by atoms with Crippen LogP contribution >= 0.6 is 11.3 Å². The summed E-state index contributed by atoms with van der Waals surface area (Å²) in [7, 11) is -4.37. The van der Waals surface area contributed by atoms with Crippen LogP contribution < -0.4 is 4.18 Å². The van der Waals surface area contributed by atoms with Gasteiger partial charge in [-0.25, -0.2) is 4.79 Å². The lowest BCUT2D eigenvalue weighted by Gasteiger charge is -2.09. The number of carboxylic acid groups (broad SMARTS) is 1. The van der Waals surface area contributed by atoms with Crippen LogP contribution in [0.4, 0.5) is 0 Å². The zero-order chi connectivity index (χ0) is 18.2. The van der Waals surface area contributed by atoms with Crippen LogP contribution in [0, 0.1) is 0 Å². The molecule has 0 saturated carbocycles. The molecular formula is C14H9NO8S2. The highest BCUT2D eigenvalue weighted by Gasteiger charge is 2.24. The summed E-state index contributed by atoms with van der Waals surface area (Å²) in [5.74, 6) is -3.84. The van der Waals surface area contributed by atoms with Gasteiger partial charge in [0.1, 0.15) is 12.0 Å². The lowest BCUT2D eigenvalue weighted by Crippen LogP contribution is -2.09. The number of rotatable bonds is 5. The molecular weight excluding hydrogens is 374 g/mol. The second-order valence-electron chi connectivity index (χ2n) is 4.69. The lowest BCUT2D eigenvalue weighted by molar-refractivity contribution is 0.0696. The zero-order valence-corrected chi connectivity index (χ0v) is 13.7. The van der Waals surface area contributed by atoms with Crippen molar-refractivity contribution in [2.24, 2.45) is 0 Å². The molecule has 2 heterocycles. The van der Waals surface area contributed by atoms with Crippen LogP contribution in [-0.2, 0) is 10.1 Å². The van der Waals surface area contributed by atoms with Gasteiger partial charge in [0.15, 0.2) is 15.7 Å². The van der Waals surface area contributed by atoms with Gasteiger partial charge in [0.25, 0.3) is 0 Å². The van der Waals surface area contributed by atoms with Crippen LogP contribution in [0.25, 0.3) is 10.6 Å². The fourth-order valence-corrected chi connectivity index (χ4v) is 4.03. The van der Waals surface area contributed by atoms with E-state index in [1.165, 1.54) is 18.4 Å². The Kier molecular flexibility index (Phi) is 4.10. The fraction of sp³-hybridized carbons (Fsp3) is 0. The van der Waals surface area contributed by atoms with E-state index in [2.05, 4.69) is 9.68 Å². The average molecular weight is 383 g/mol. The van der Waals surface area contributed by atoms with Crippen LogP contribution in [0.1, 0.15) is 10.4 Å². The quantitative estimate of drug-likeness (QED) is 0.446. The van der Waals surface area contributed by atoms with E-state index in [1.54, 1.807) is 6.07 Å². The molecule has 9 nitrogen and oxygen atoms in total. The molecule has 0 amide bonds. The standard InChI is InChI=1S/C14H9NO8S2/c16-9-5-7(14(18)19)6-10(13(9)17)23-25(20,21)12-2-1-11(24-12)8-3-4-22-15-8/h1-6,16-17H,(H,18,19). The number of carboxylic acids is 1. The maximum Gasteiger partial charge on any atom is 0.348 e. The normalized spacial score (nSPS) is 11.4. The van der Waals surface area contributed by atoms with Crippen molar-refractivity contribution >= 4 is 27.4 Å². The Balaban J connectivity index is 1.96. The monoisotopic (exact) mass is 383 g/mol. The summed E-state index contributed by atoms with van der Waals surface area (Å²) in [6.07, 6.45) is 1.33. The molecule has 3 aromatic rings. The first-order valence-electron chi connectivity index (χ1n) is 6.52. The van der Waals surface area contributed by atoms with Crippen molar-refractivity contribution in [3.8, 4) is 27.8 Å². The van der Waals surface area contributed by atoms with Gasteiger partial charge in [-0.05, 0) is 18.2 Å². The summed E-state index contributed by atoms with van der Waals surface area (Å²) in [4.78, 5) is 11.5. The third kappa shape index (κ3) is 3.27. The van der Waals surface area contributed by atoms with Crippen LogP contribution in [0.15, 0.2) is 45.3 Å². The van der Waals surface area contributed by atoms with Gasteiger partial charge in [0.05, 0.1) is 10.4 Å². The number of aromatic carboxylic acids is 1. The molecule has 11 heteroatoms. The second kappa shape index (κ2) is 6.11. The number of benzene rings is 1. The fourth-order valence-electron chi connectivity index (χ4n) is 1.87. The molecule has 3 N–H and O–H groups in total. The number of aromatic nitrogens is 1. The van der Waals surface area contributed by atoms with Gasteiger partial charge in [-0.1, -0.05) is 5.16 Å². The number of phenolic OH excluding ortho intramolecular Hbond substituents is 2. The maximum atomic E-state index is 12.3. The minimum absolute atomic E-state index is 0.204. The smallest absolute Gasteiger partial charge is 0.348 e. The summed E-state index contributed by atoms with van der Waals surface area (Å²) < 4.78 is 33.9. The molecule has 0 radical (unpaired) electrons. The molecule has 2 aromatic heterocycles. The van der Waals surface area contributed by atoms with Crippen molar-refractivity contribution in [2.45, 2.75) is 4.21 Å². The number of hydrogen-bond donors (Lipinski definition) is 3. The van der Waals surface area contributed by atoms with Gasteiger partial charge in [-0.2, -0.15) is 8.42 Å². The Hall–Kier alpha value is -3.05. The van der Waals surface area contributed by atoms with Crippen LogP contribution in [0.2, 0.25) is 0 Å². The Morgan fingerprint density at radius 2 is 1.96 bits per heavy atom. The van der Waals surface area contributed by atoms with E-state index in [0.29, 0.717) is 10.6 Å². The van der Waals surface area contributed by atoms with E-state index in [9.17, 15) is 23.4 Å². The first kappa shape index (κ1) is 16.8. The average Bonchev–Trinajstić information content (AvgIpc) is 3.21. The first-order chi connectivity index (χ1) is 11.8. The number of phenols is 2. The molecule has 0 fully saturated rings. The first-order valence-corrected chi connectivity index (χ1v) is 8.75. The lowest BCUT2D eigenvalue weighted by atomic mass is 10.2. The van der Waals surface area contributed by atoms with Crippen molar-refractivity contribution in [3.63, 3.8) is 0 Å². The molecule has 0 aliphatic carbocycles. The highest BCUT2D eigenvalue weighted by Crippen LogP contribution is 2.39. The van der Waals surface area contributed by atoms with Gasteiger partial charge >= 0.3 is 16.1 Å². The highest BCUT2D eigenvalue weighted by atomic mass is 32.3. The van der Waals surface area contributed by atoms with E-state index in [4.69, 9.17) is 9.29 Å². The largest absolute Gasteiger partial charge is 0.504 e. The van der Waals surface area contributed by atoms with E-state index < -0.39 is 38.9 Å². The Morgan fingerprint density at radius 1 is 1.20 bits per heavy atom. The zero-order valence-electron chi connectivity index (χ0n) is 12.1. The SMILES string of the molecule is O=C(O)c1cc(O)c(O)c(OS(=O)(=O)c2ccc(-c3ccon3)s2)c1. The third-order valence-corrected chi connectivity index (χ3v) is 5.81. The van der Waals surface area contributed by atoms with E-state index in [-0.39, 0.29) is 4.21 Å². The number of carbonyl (C=O) groups is 1. The Labute approximate surface area is 144 Å². The molecule has 1 aromatic carbocycles. The van der Waals surface area contributed by atoms with Crippen molar-refractivity contribution in [1.82, 2.24) is 5.16 Å². The van der Waals surface area contributed by atoms with Crippen LogP contribution in [-0.4, -0.2) is 34.9 Å². The van der Waals surface area contributed by atoms with E-state index in [0.717, 1.165) is 23.5 Å². The topological polar surface area (TPSA) is 147 Å². The van der Waals surface area contributed by atoms with E-state index in [1.807, 2.05) is 0 Å². The molecule has 130 valence electrons. The predicted molar refractivity (Wildman–Crippen MR) is 84.4 cm³/mol. The summed E-state index contributed by atoms with van der Waals surface area (Å²) in [6.45, 7) is 0.